The second-order valence-electron chi connectivity index (χ2n) is 19.3. The van der Waals surface area contributed by atoms with Crippen molar-refractivity contribution in [1.82, 2.24) is 35.2 Å². The maximum Gasteiger partial charge on any atom is 0.410 e. The highest BCUT2D eigenvalue weighted by Crippen LogP contribution is 2.32. The number of nitrogens with zero attached hydrogens (tertiary/aromatic N) is 6. The first-order valence-corrected chi connectivity index (χ1v) is 22.8. The van der Waals surface area contributed by atoms with Crippen LogP contribution in [0.15, 0.2) is 60.7 Å². The topological polar surface area (TPSA) is 236 Å². The number of hydrogen-bond acceptors (Lipinski definition) is 13. The van der Waals surface area contributed by atoms with E-state index in [1.807, 2.05) is 102 Å². The number of hydrogen-bond donors (Lipinski definition) is 3. The molecule has 6 heterocycles. The van der Waals surface area contributed by atoms with Gasteiger partial charge < -0.3 is 34.2 Å². The van der Waals surface area contributed by atoms with Crippen molar-refractivity contribution >= 4 is 36.1 Å². The quantitative estimate of drug-likeness (QED) is 0.217. The van der Waals surface area contributed by atoms with E-state index in [-0.39, 0.29) is 63.2 Å². The van der Waals surface area contributed by atoms with Crippen LogP contribution in [0.3, 0.4) is 0 Å². The van der Waals surface area contributed by atoms with Crippen LogP contribution in [0.25, 0.3) is 0 Å². The van der Waals surface area contributed by atoms with Crippen LogP contribution in [0.2, 0.25) is 0 Å². The Morgan fingerprint density at radius 1 is 0.623 bits per heavy atom. The van der Waals surface area contributed by atoms with Gasteiger partial charge in [0, 0.05) is 26.2 Å². The van der Waals surface area contributed by atoms with Gasteiger partial charge in [0.1, 0.15) is 42.6 Å². The van der Waals surface area contributed by atoms with Crippen LogP contribution in [0.5, 0.6) is 0 Å². The van der Waals surface area contributed by atoms with Crippen LogP contribution < -0.4 is 11.4 Å². The van der Waals surface area contributed by atoms with Gasteiger partial charge in [-0.15, -0.1) is 0 Å². The summed E-state index contributed by atoms with van der Waals surface area (Å²) in [5.74, 6) is 3.74. The summed E-state index contributed by atoms with van der Waals surface area (Å²) in [5.41, 5.74) is 3.45. The number of carboxylic acids is 1. The smallest absolute Gasteiger partial charge is 0.410 e. The largest absolute Gasteiger partial charge is 0.480 e. The number of carbonyl (C=O) groups excluding carboxylic acids is 5. The van der Waals surface area contributed by atoms with E-state index >= 15 is 0 Å². The molecule has 21 heteroatoms. The molecule has 4 N–H and O–H groups in total. The molecule has 1 unspecified atom stereocenters. The molecule has 6 saturated heterocycles. The Morgan fingerprint density at radius 2 is 1.04 bits per heavy atom. The van der Waals surface area contributed by atoms with Crippen molar-refractivity contribution < 1.29 is 62.7 Å². The fraction of sp³-hybridized carbons (Fsp3) is 0.625. The molecular formula is C48H74N8O13. The van der Waals surface area contributed by atoms with Gasteiger partial charge in [0.15, 0.2) is 0 Å². The lowest BCUT2D eigenvalue weighted by Gasteiger charge is -2.29. The van der Waals surface area contributed by atoms with Crippen molar-refractivity contribution in [3.05, 3.63) is 71.8 Å². The van der Waals surface area contributed by atoms with E-state index in [4.69, 9.17) is 35.0 Å². The van der Waals surface area contributed by atoms with Gasteiger partial charge in [-0.05, 0) is 91.2 Å². The molecule has 0 spiro atoms. The van der Waals surface area contributed by atoms with Crippen molar-refractivity contribution in [3.63, 3.8) is 0 Å². The van der Waals surface area contributed by atoms with Gasteiger partial charge in [-0.1, -0.05) is 75.5 Å². The maximum absolute atomic E-state index is 12.9. The van der Waals surface area contributed by atoms with E-state index in [1.165, 1.54) is 15.0 Å². The number of benzene rings is 2. The Kier molecular flexibility index (Phi) is 20.0. The van der Waals surface area contributed by atoms with Crippen molar-refractivity contribution in [2.75, 3.05) is 39.3 Å². The minimum absolute atomic E-state index is 0. The number of nitrogens with one attached hydrogen (secondary N) is 1. The molecule has 2 aromatic rings. The molecule has 384 valence electrons. The number of likely N-dealkylation sites (tertiary alicyclic amines) is 2. The number of nitrogens with two attached hydrogens (primary N) is 1. The summed E-state index contributed by atoms with van der Waals surface area (Å²) in [4.78, 5) is 100. The summed E-state index contributed by atoms with van der Waals surface area (Å²) in [7, 11) is 0. The minimum atomic E-state index is -0.943. The molecular weight excluding hydrogens is 897 g/mol. The number of carboxylic acid groups (broad SMARTS) is 1. The fourth-order valence-electron chi connectivity index (χ4n) is 8.42. The van der Waals surface area contributed by atoms with Crippen molar-refractivity contribution in [3.8, 4) is 0 Å². The maximum atomic E-state index is 12.9. The zero-order chi connectivity index (χ0) is 48.5. The highest BCUT2D eigenvalue weighted by molar-refractivity contribution is 5.88. The molecule has 21 nitrogen and oxygen atoms in total. The number of ether oxygens (including phenoxy) is 2. The third kappa shape index (κ3) is 15.4. The Bertz CT molecular complexity index is 2020. The van der Waals surface area contributed by atoms with Crippen molar-refractivity contribution in [2.45, 2.75) is 156 Å². The second kappa shape index (κ2) is 24.7. The van der Waals surface area contributed by atoms with E-state index in [9.17, 15) is 28.8 Å². The lowest BCUT2D eigenvalue weighted by Crippen LogP contribution is -2.50. The van der Waals surface area contributed by atoms with E-state index < -0.39 is 35.3 Å². The van der Waals surface area contributed by atoms with Crippen molar-refractivity contribution in [1.29, 1.82) is 0 Å². The van der Waals surface area contributed by atoms with Gasteiger partial charge in [0.05, 0.1) is 31.3 Å². The number of hydroxylamine groups is 5. The first-order chi connectivity index (χ1) is 31.8. The highest BCUT2D eigenvalue weighted by atomic mass is 16.7. The number of aliphatic carboxylic acids is 1. The van der Waals surface area contributed by atoms with Gasteiger partial charge in [-0.3, -0.25) is 24.1 Å². The molecule has 6 atom stereocenters. The summed E-state index contributed by atoms with van der Waals surface area (Å²) in [6.07, 6.45) is 2.65. The summed E-state index contributed by atoms with van der Waals surface area (Å²) < 4.78 is 10.6. The molecule has 6 aliphatic rings. The normalized spacial score (nSPS) is 23.8. The molecule has 0 saturated carbocycles. The van der Waals surface area contributed by atoms with Gasteiger partial charge >= 0.3 is 30.2 Å². The highest BCUT2D eigenvalue weighted by Gasteiger charge is 2.49. The molecule has 0 radical (unpaired) electrons. The van der Waals surface area contributed by atoms with E-state index in [1.54, 1.807) is 14.7 Å². The van der Waals surface area contributed by atoms with Gasteiger partial charge in [0.2, 0.25) is 0 Å². The van der Waals surface area contributed by atoms with E-state index in [0.29, 0.717) is 84.6 Å². The third-order valence-corrected chi connectivity index (χ3v) is 11.8. The average Bonchev–Trinajstić information content (AvgIpc) is 4.07. The molecule has 2 aromatic carbocycles. The molecule has 4 bridgehead atoms. The molecule has 7 amide bonds. The molecule has 8 rings (SSSR count). The number of piperidine rings is 2. The molecule has 69 heavy (non-hydrogen) atoms. The first-order valence-electron chi connectivity index (χ1n) is 22.8. The van der Waals surface area contributed by atoms with Gasteiger partial charge in [-0.25, -0.2) is 35.3 Å². The second-order valence-corrected chi connectivity index (χ2v) is 19.3. The van der Waals surface area contributed by atoms with Crippen LogP contribution in [-0.2, 0) is 51.6 Å². The fourth-order valence-corrected chi connectivity index (χ4v) is 8.42. The van der Waals surface area contributed by atoms with Crippen LogP contribution in [0.4, 0.5) is 19.2 Å². The standard InChI is InChI=1S/C23H32N4O6.C14H16N2O4.C9H18N2O3.2CH4/c1-23(2,3)32-22(30)25-12-11-18(14-25)33-24-20(28)19-10-9-17-13-26(19)21(29)27(17)31-15-16-7-5-4-6-8-16;17-13(18)12-7-6-11-8-15(12)14(19)16(11)20-9-10-4-2-1-3-5-10;1-9(2,3)13-8(12)11-5-4-7(6-11)14-10;;/h4-8,17-19H,9-15H2,1-3H3,(H,24,28);1-5,11-12H,6-9H2,(H,17,18);7H,4-6,10H2,1-3H3;2*1H4/t17-,18?,19+;11-,12+;7-;;/m111../s1. The number of urea groups is 2. The Hall–Kier alpha value is -5.74. The van der Waals surface area contributed by atoms with Gasteiger partial charge in [-0.2, -0.15) is 10.1 Å². The van der Waals surface area contributed by atoms with Crippen molar-refractivity contribution in [2.24, 2.45) is 5.90 Å². The van der Waals surface area contributed by atoms with Crippen LogP contribution in [0, 0.1) is 0 Å². The van der Waals surface area contributed by atoms with E-state index in [0.717, 1.165) is 17.5 Å². The summed E-state index contributed by atoms with van der Waals surface area (Å²) in [5, 5.41) is 11.9. The van der Waals surface area contributed by atoms with Crippen LogP contribution >= 0.6 is 0 Å². The van der Waals surface area contributed by atoms with Gasteiger partial charge in [0.25, 0.3) is 5.91 Å². The average molecular weight is 971 g/mol. The number of rotatable bonds is 11. The lowest BCUT2D eigenvalue weighted by molar-refractivity contribution is -0.144. The third-order valence-electron chi connectivity index (χ3n) is 11.8. The van der Waals surface area contributed by atoms with Crippen LogP contribution in [0.1, 0.15) is 106 Å². The lowest BCUT2D eigenvalue weighted by atomic mass is 10.0. The SMILES string of the molecule is C.C.CC(C)(C)OC(=O)N1CCC(ONC(=O)[C@@H]2CC[C@@H]3CN2C(=O)N3OCc2ccccc2)C1.CC(C)(C)OC(=O)N1CC[C@@H](ON)C1.O=C(O)[C@@H]1CC[C@@H]2CN1C(=O)N2OCc1ccccc1. The Balaban J connectivity index is 0.000000245. The number of amides is 7. The molecule has 6 fully saturated rings. The van der Waals surface area contributed by atoms with Crippen LogP contribution in [-0.4, -0.2) is 158 Å². The monoisotopic (exact) mass is 971 g/mol. The van der Waals surface area contributed by atoms with E-state index in [2.05, 4.69) is 10.3 Å². The Labute approximate surface area is 405 Å². The zero-order valence-electron chi connectivity index (χ0n) is 39.2. The zero-order valence-corrected chi connectivity index (χ0v) is 39.2. The Morgan fingerprint density at radius 3 is 1.46 bits per heavy atom. The molecule has 6 aliphatic heterocycles. The minimum Gasteiger partial charge on any atom is -0.480 e. The first kappa shape index (κ1) is 55.9. The predicted molar refractivity (Wildman–Crippen MR) is 252 cm³/mol. The summed E-state index contributed by atoms with van der Waals surface area (Å²) in [6, 6.07) is 17.2. The number of carbonyl (C=O) groups is 6. The predicted octanol–water partition coefficient (Wildman–Crippen LogP) is 6.07. The summed E-state index contributed by atoms with van der Waals surface area (Å²) in [6.45, 7) is 14.5. The number of fused-ring (bicyclic) bond motifs is 4. The summed E-state index contributed by atoms with van der Waals surface area (Å²) >= 11 is 0. The molecule has 0 aromatic heterocycles. The molecule has 0 aliphatic carbocycles.